The predicted molar refractivity (Wildman–Crippen MR) is 57.3 cm³/mol. The Labute approximate surface area is 92.3 Å². The fraction of sp³-hybridized carbons (Fsp3) is 0.182. The molecule has 2 rings (SSSR count). The van der Waals surface area contributed by atoms with Gasteiger partial charge >= 0.3 is 5.97 Å². The Morgan fingerprint density at radius 2 is 2.19 bits per heavy atom. The van der Waals surface area contributed by atoms with Crippen molar-refractivity contribution in [2.24, 2.45) is 0 Å². The van der Waals surface area contributed by atoms with Gasteiger partial charge in [0.2, 0.25) is 0 Å². The van der Waals surface area contributed by atoms with Crippen molar-refractivity contribution in [2.75, 3.05) is 0 Å². The van der Waals surface area contributed by atoms with E-state index in [1.54, 1.807) is 0 Å². The summed E-state index contributed by atoms with van der Waals surface area (Å²) in [4.78, 5) is 12.0. The lowest BCUT2D eigenvalue weighted by Gasteiger charge is -2.03. The van der Waals surface area contributed by atoms with E-state index < -0.39 is 5.97 Å². The van der Waals surface area contributed by atoms with Gasteiger partial charge in [0.1, 0.15) is 0 Å². The minimum atomic E-state index is -1.06. The van der Waals surface area contributed by atoms with Crippen LogP contribution in [0.25, 0.3) is 0 Å². The fourth-order valence-electron chi connectivity index (χ4n) is 1.41. The van der Waals surface area contributed by atoms with Gasteiger partial charge in [-0.25, -0.2) is 4.79 Å². The monoisotopic (exact) mass is 217 g/mol. The highest BCUT2D eigenvalue weighted by Crippen LogP contribution is 2.07. The number of carbonyl (C=O) groups is 1. The van der Waals surface area contributed by atoms with Crippen LogP contribution in [-0.2, 0) is 6.54 Å². The van der Waals surface area contributed by atoms with Gasteiger partial charge in [0.05, 0.1) is 12.7 Å². The van der Waals surface area contributed by atoms with Gasteiger partial charge in [-0.15, -0.1) is 5.10 Å². The number of rotatable bonds is 3. The molecule has 0 bridgehead atoms. The van der Waals surface area contributed by atoms with Crippen LogP contribution in [0, 0.1) is 6.92 Å². The quantitative estimate of drug-likeness (QED) is 0.842. The maximum atomic E-state index is 10.6. The van der Waals surface area contributed by atoms with Gasteiger partial charge in [-0.3, -0.25) is 0 Å². The first-order chi connectivity index (χ1) is 7.66. The minimum absolute atomic E-state index is 0.0337. The average molecular weight is 217 g/mol. The van der Waals surface area contributed by atoms with Crippen molar-refractivity contribution in [2.45, 2.75) is 13.5 Å². The standard InChI is InChI=1S/C11H11N3O2/c1-8-4-2-3-5-9(8)7-14-12-6-10(13-14)11(15)16/h2-6H,7H2,1H3,(H,15,16). The van der Waals surface area contributed by atoms with Crippen molar-refractivity contribution in [1.82, 2.24) is 15.0 Å². The number of carboxylic acids is 1. The van der Waals surface area contributed by atoms with E-state index in [-0.39, 0.29) is 5.69 Å². The Balaban J connectivity index is 2.21. The summed E-state index contributed by atoms with van der Waals surface area (Å²) in [6.45, 7) is 2.48. The minimum Gasteiger partial charge on any atom is -0.476 e. The maximum Gasteiger partial charge on any atom is 0.358 e. The number of benzene rings is 1. The summed E-state index contributed by atoms with van der Waals surface area (Å²) in [6, 6.07) is 7.86. The molecule has 0 aliphatic carbocycles. The Morgan fingerprint density at radius 1 is 1.44 bits per heavy atom. The summed E-state index contributed by atoms with van der Waals surface area (Å²) >= 11 is 0. The molecule has 0 radical (unpaired) electrons. The van der Waals surface area contributed by atoms with E-state index >= 15 is 0 Å². The van der Waals surface area contributed by atoms with Crippen LogP contribution in [0.15, 0.2) is 30.5 Å². The zero-order chi connectivity index (χ0) is 11.5. The van der Waals surface area contributed by atoms with Crippen molar-refractivity contribution in [3.05, 3.63) is 47.3 Å². The lowest BCUT2D eigenvalue weighted by atomic mass is 10.1. The van der Waals surface area contributed by atoms with Gasteiger partial charge in [0, 0.05) is 0 Å². The van der Waals surface area contributed by atoms with Gasteiger partial charge in [0.25, 0.3) is 0 Å². The Hall–Kier alpha value is -2.17. The molecule has 5 nitrogen and oxygen atoms in total. The van der Waals surface area contributed by atoms with E-state index in [9.17, 15) is 4.79 Å². The van der Waals surface area contributed by atoms with E-state index in [1.165, 1.54) is 11.0 Å². The molecule has 0 aliphatic heterocycles. The summed E-state index contributed by atoms with van der Waals surface area (Å²) in [5.74, 6) is -1.06. The zero-order valence-electron chi connectivity index (χ0n) is 8.79. The third-order valence-corrected chi connectivity index (χ3v) is 2.33. The van der Waals surface area contributed by atoms with Gasteiger partial charge < -0.3 is 5.11 Å². The van der Waals surface area contributed by atoms with Crippen LogP contribution in [0.3, 0.4) is 0 Å². The van der Waals surface area contributed by atoms with Crippen LogP contribution in [0.1, 0.15) is 21.6 Å². The normalized spacial score (nSPS) is 10.3. The van der Waals surface area contributed by atoms with Crippen molar-refractivity contribution in [3.63, 3.8) is 0 Å². The second-order valence-electron chi connectivity index (χ2n) is 3.49. The number of aromatic nitrogens is 3. The van der Waals surface area contributed by atoms with E-state index in [0.717, 1.165) is 11.1 Å². The molecule has 0 unspecified atom stereocenters. The smallest absolute Gasteiger partial charge is 0.358 e. The third-order valence-electron chi connectivity index (χ3n) is 2.33. The third kappa shape index (κ3) is 2.08. The van der Waals surface area contributed by atoms with E-state index in [2.05, 4.69) is 10.2 Å². The van der Waals surface area contributed by atoms with Gasteiger partial charge in [0.15, 0.2) is 5.69 Å². The van der Waals surface area contributed by atoms with Crippen LogP contribution < -0.4 is 0 Å². The second kappa shape index (κ2) is 4.14. The Morgan fingerprint density at radius 3 is 2.81 bits per heavy atom. The molecule has 0 saturated carbocycles. The highest BCUT2D eigenvalue weighted by molar-refractivity contribution is 5.84. The molecule has 1 aromatic heterocycles. The van der Waals surface area contributed by atoms with Gasteiger partial charge in [-0.05, 0) is 18.1 Å². The lowest BCUT2D eigenvalue weighted by molar-refractivity contribution is 0.0689. The molecule has 0 spiro atoms. The maximum absolute atomic E-state index is 10.6. The lowest BCUT2D eigenvalue weighted by Crippen LogP contribution is -2.06. The van der Waals surface area contributed by atoms with Crippen molar-refractivity contribution < 1.29 is 9.90 Å². The van der Waals surface area contributed by atoms with Crippen LogP contribution >= 0.6 is 0 Å². The molecule has 2 aromatic rings. The van der Waals surface area contributed by atoms with E-state index in [1.807, 2.05) is 31.2 Å². The average Bonchev–Trinajstić information content (AvgIpc) is 2.70. The molecule has 1 aromatic carbocycles. The summed E-state index contributed by atoms with van der Waals surface area (Å²) in [6.07, 6.45) is 1.25. The number of hydrogen-bond donors (Lipinski definition) is 1. The first kappa shape index (κ1) is 10.4. The molecular formula is C11H11N3O2. The summed E-state index contributed by atoms with van der Waals surface area (Å²) in [5, 5.41) is 16.5. The van der Waals surface area contributed by atoms with Crippen LogP contribution in [-0.4, -0.2) is 26.1 Å². The van der Waals surface area contributed by atoms with E-state index in [4.69, 9.17) is 5.11 Å². The molecule has 1 heterocycles. The number of aromatic carboxylic acids is 1. The first-order valence-corrected chi connectivity index (χ1v) is 4.85. The molecule has 16 heavy (non-hydrogen) atoms. The largest absolute Gasteiger partial charge is 0.476 e. The molecule has 82 valence electrons. The predicted octanol–water partition coefficient (Wildman–Crippen LogP) is 1.33. The SMILES string of the molecule is Cc1ccccc1Cn1ncc(C(=O)O)n1. The van der Waals surface area contributed by atoms with Crippen LogP contribution in [0.4, 0.5) is 0 Å². The summed E-state index contributed by atoms with van der Waals surface area (Å²) in [7, 11) is 0. The fourth-order valence-corrected chi connectivity index (χ4v) is 1.41. The topological polar surface area (TPSA) is 68.0 Å². The summed E-state index contributed by atoms with van der Waals surface area (Å²) < 4.78 is 0. The van der Waals surface area contributed by atoms with Crippen LogP contribution in [0.5, 0.6) is 0 Å². The Bertz CT molecular complexity index is 519. The molecule has 5 heteroatoms. The first-order valence-electron chi connectivity index (χ1n) is 4.85. The second-order valence-corrected chi connectivity index (χ2v) is 3.49. The van der Waals surface area contributed by atoms with E-state index in [0.29, 0.717) is 6.54 Å². The van der Waals surface area contributed by atoms with Crippen molar-refractivity contribution >= 4 is 5.97 Å². The van der Waals surface area contributed by atoms with Crippen molar-refractivity contribution in [3.8, 4) is 0 Å². The zero-order valence-corrected chi connectivity index (χ0v) is 8.79. The molecule has 0 amide bonds. The number of aryl methyl sites for hydroxylation is 1. The van der Waals surface area contributed by atoms with Gasteiger partial charge in [-0.2, -0.15) is 9.90 Å². The molecule has 0 aliphatic rings. The van der Waals surface area contributed by atoms with Gasteiger partial charge in [-0.1, -0.05) is 24.3 Å². The van der Waals surface area contributed by atoms with Crippen LogP contribution in [0.2, 0.25) is 0 Å². The molecular weight excluding hydrogens is 206 g/mol. The molecule has 0 saturated heterocycles. The highest BCUT2D eigenvalue weighted by Gasteiger charge is 2.08. The Kier molecular flexibility index (Phi) is 2.68. The number of hydrogen-bond acceptors (Lipinski definition) is 3. The number of carboxylic acid groups (broad SMARTS) is 1. The molecule has 0 atom stereocenters. The van der Waals surface area contributed by atoms with Crippen molar-refractivity contribution in [1.29, 1.82) is 0 Å². The highest BCUT2D eigenvalue weighted by atomic mass is 16.4. The number of nitrogens with zero attached hydrogens (tertiary/aromatic N) is 3. The molecule has 0 fully saturated rings. The summed E-state index contributed by atoms with van der Waals surface area (Å²) in [5.41, 5.74) is 2.18. The molecule has 1 N–H and O–H groups in total.